The quantitative estimate of drug-likeness (QED) is 0.175. The molecule has 7 nitrogen and oxygen atoms in total. The van der Waals surface area contributed by atoms with Crippen molar-refractivity contribution >= 4 is 29.9 Å². The van der Waals surface area contributed by atoms with E-state index in [-0.39, 0.29) is 24.0 Å². The number of hydrogen-bond acceptors (Lipinski definition) is 5. The second kappa shape index (κ2) is 17.6. The van der Waals surface area contributed by atoms with Crippen LogP contribution in [0.1, 0.15) is 38.2 Å². The van der Waals surface area contributed by atoms with Crippen molar-refractivity contribution in [2.24, 2.45) is 4.99 Å². The summed E-state index contributed by atoms with van der Waals surface area (Å²) in [5.41, 5.74) is 1.14. The molecule has 1 fully saturated rings. The Morgan fingerprint density at radius 3 is 2.37 bits per heavy atom. The second-order valence-electron chi connectivity index (χ2n) is 6.95. The first-order valence-electron chi connectivity index (χ1n) is 10.7. The first-order valence-corrected chi connectivity index (χ1v) is 10.7. The number of ether oxygens (including phenoxy) is 4. The number of aliphatic imine (C=N–C) groups is 1. The van der Waals surface area contributed by atoms with Gasteiger partial charge in [0.05, 0.1) is 19.8 Å². The van der Waals surface area contributed by atoms with Gasteiger partial charge in [0.2, 0.25) is 0 Å². The topological polar surface area (TPSA) is 73.3 Å². The lowest BCUT2D eigenvalue weighted by Gasteiger charge is -2.22. The molecule has 1 saturated heterocycles. The molecule has 2 N–H and O–H groups in total. The van der Waals surface area contributed by atoms with Crippen LogP contribution in [0.4, 0.5) is 0 Å². The Morgan fingerprint density at radius 2 is 1.73 bits per heavy atom. The summed E-state index contributed by atoms with van der Waals surface area (Å²) in [7, 11) is 1.67. The fraction of sp³-hybridized carbons (Fsp3) is 0.682. The Morgan fingerprint density at radius 1 is 1.07 bits per heavy atom. The number of nitrogens with one attached hydrogen (secondary N) is 2. The van der Waals surface area contributed by atoms with E-state index >= 15 is 0 Å². The SMILES string of the molecule is CCOCCCNC(=NCc1ccc(OC)cc1)NCCCOC1CCOCC1.I. The molecule has 0 amide bonds. The number of benzene rings is 1. The maximum atomic E-state index is 5.93. The fourth-order valence-electron chi connectivity index (χ4n) is 2.97. The van der Waals surface area contributed by atoms with E-state index in [2.05, 4.69) is 10.6 Å². The molecule has 1 aromatic carbocycles. The van der Waals surface area contributed by atoms with Crippen molar-refractivity contribution in [2.75, 3.05) is 53.2 Å². The van der Waals surface area contributed by atoms with E-state index in [1.165, 1.54) is 0 Å². The van der Waals surface area contributed by atoms with Gasteiger partial charge < -0.3 is 29.6 Å². The molecule has 1 aromatic rings. The molecule has 0 aromatic heterocycles. The van der Waals surface area contributed by atoms with Crippen LogP contribution in [-0.4, -0.2) is 65.3 Å². The van der Waals surface area contributed by atoms with Crippen molar-refractivity contribution < 1.29 is 18.9 Å². The van der Waals surface area contributed by atoms with Gasteiger partial charge in [-0.1, -0.05) is 12.1 Å². The van der Waals surface area contributed by atoms with E-state index < -0.39 is 0 Å². The summed E-state index contributed by atoms with van der Waals surface area (Å²) >= 11 is 0. The summed E-state index contributed by atoms with van der Waals surface area (Å²) in [6.07, 6.45) is 4.25. The van der Waals surface area contributed by atoms with Gasteiger partial charge in [-0.3, -0.25) is 0 Å². The molecule has 0 unspecified atom stereocenters. The average molecular weight is 535 g/mol. The molecule has 2 rings (SSSR count). The van der Waals surface area contributed by atoms with Crippen molar-refractivity contribution in [3.63, 3.8) is 0 Å². The van der Waals surface area contributed by atoms with Gasteiger partial charge in [0.15, 0.2) is 5.96 Å². The zero-order chi connectivity index (χ0) is 20.6. The maximum absolute atomic E-state index is 5.93. The van der Waals surface area contributed by atoms with E-state index in [0.29, 0.717) is 12.6 Å². The van der Waals surface area contributed by atoms with Gasteiger partial charge in [-0.05, 0) is 50.3 Å². The van der Waals surface area contributed by atoms with Gasteiger partial charge in [-0.2, -0.15) is 0 Å². The Hall–Kier alpha value is -1.10. The molecule has 0 atom stereocenters. The van der Waals surface area contributed by atoms with Gasteiger partial charge in [-0.15, -0.1) is 24.0 Å². The van der Waals surface area contributed by atoms with Crippen LogP contribution in [0, 0.1) is 0 Å². The summed E-state index contributed by atoms with van der Waals surface area (Å²) < 4.78 is 21.9. The summed E-state index contributed by atoms with van der Waals surface area (Å²) in [6.45, 7) is 8.18. The lowest BCUT2D eigenvalue weighted by molar-refractivity contribution is -0.0320. The highest BCUT2D eigenvalue weighted by molar-refractivity contribution is 14.0. The highest BCUT2D eigenvalue weighted by Crippen LogP contribution is 2.12. The van der Waals surface area contributed by atoms with Crippen LogP contribution in [-0.2, 0) is 20.8 Å². The van der Waals surface area contributed by atoms with Crippen LogP contribution in [0.25, 0.3) is 0 Å². The third-order valence-corrected chi connectivity index (χ3v) is 4.68. The predicted molar refractivity (Wildman–Crippen MR) is 131 cm³/mol. The van der Waals surface area contributed by atoms with Gasteiger partial charge in [-0.25, -0.2) is 4.99 Å². The van der Waals surface area contributed by atoms with E-state index in [0.717, 1.165) is 89.1 Å². The molecule has 1 aliphatic heterocycles. The Bertz CT molecular complexity index is 566. The van der Waals surface area contributed by atoms with Crippen molar-refractivity contribution in [3.05, 3.63) is 29.8 Å². The number of hydrogen-bond donors (Lipinski definition) is 2. The molecular weight excluding hydrogens is 497 g/mol. The highest BCUT2D eigenvalue weighted by atomic mass is 127. The molecule has 0 saturated carbocycles. The van der Waals surface area contributed by atoms with Crippen molar-refractivity contribution in [1.82, 2.24) is 10.6 Å². The summed E-state index contributed by atoms with van der Waals surface area (Å²) in [5.74, 6) is 1.68. The fourth-order valence-corrected chi connectivity index (χ4v) is 2.97. The van der Waals surface area contributed by atoms with Crippen molar-refractivity contribution in [3.8, 4) is 5.75 Å². The Kier molecular flexibility index (Phi) is 15.8. The smallest absolute Gasteiger partial charge is 0.191 e. The molecule has 30 heavy (non-hydrogen) atoms. The van der Waals surface area contributed by atoms with E-state index in [1.807, 2.05) is 31.2 Å². The first-order chi connectivity index (χ1) is 14.3. The van der Waals surface area contributed by atoms with Crippen LogP contribution in [0.3, 0.4) is 0 Å². The average Bonchev–Trinajstić information content (AvgIpc) is 2.77. The third-order valence-electron chi connectivity index (χ3n) is 4.68. The van der Waals surface area contributed by atoms with Crippen LogP contribution >= 0.6 is 24.0 Å². The van der Waals surface area contributed by atoms with E-state index in [1.54, 1.807) is 7.11 Å². The number of nitrogens with zero attached hydrogens (tertiary/aromatic N) is 1. The van der Waals surface area contributed by atoms with Crippen LogP contribution in [0.5, 0.6) is 5.75 Å². The lowest BCUT2D eigenvalue weighted by Crippen LogP contribution is -2.39. The van der Waals surface area contributed by atoms with Crippen LogP contribution in [0.15, 0.2) is 29.3 Å². The Labute approximate surface area is 198 Å². The maximum Gasteiger partial charge on any atom is 0.191 e. The predicted octanol–water partition coefficient (Wildman–Crippen LogP) is 3.36. The van der Waals surface area contributed by atoms with E-state index in [9.17, 15) is 0 Å². The number of methoxy groups -OCH3 is 1. The number of halogens is 1. The molecule has 8 heteroatoms. The molecule has 0 aliphatic carbocycles. The number of rotatable bonds is 13. The summed E-state index contributed by atoms with van der Waals surface area (Å²) in [5, 5.41) is 6.80. The lowest BCUT2D eigenvalue weighted by atomic mass is 10.1. The molecule has 1 heterocycles. The minimum atomic E-state index is 0. The van der Waals surface area contributed by atoms with E-state index in [4.69, 9.17) is 23.9 Å². The van der Waals surface area contributed by atoms with Gasteiger partial charge in [0.1, 0.15) is 5.75 Å². The molecule has 172 valence electrons. The normalized spacial score (nSPS) is 14.8. The number of guanidine groups is 1. The summed E-state index contributed by atoms with van der Waals surface area (Å²) in [6, 6.07) is 8.00. The largest absolute Gasteiger partial charge is 0.497 e. The standard InChI is InChI=1S/C22H37N3O4.HI/c1-3-27-14-4-12-23-22(25-18-19-6-8-20(26-2)9-7-19)24-13-5-15-29-21-10-16-28-17-11-21;/h6-9,21H,3-5,10-18H2,1-2H3,(H2,23,24,25);1H. The third kappa shape index (κ3) is 11.9. The Balaban J connectivity index is 0.00000450. The molecule has 0 spiro atoms. The molecular formula is C22H38IN3O4. The van der Waals surface area contributed by atoms with Gasteiger partial charge in [0, 0.05) is 46.1 Å². The molecule has 1 aliphatic rings. The molecule has 0 bridgehead atoms. The van der Waals surface area contributed by atoms with Crippen LogP contribution < -0.4 is 15.4 Å². The second-order valence-corrected chi connectivity index (χ2v) is 6.95. The van der Waals surface area contributed by atoms with Crippen LogP contribution in [0.2, 0.25) is 0 Å². The van der Waals surface area contributed by atoms with Crippen molar-refractivity contribution in [2.45, 2.75) is 45.3 Å². The minimum absolute atomic E-state index is 0. The molecule has 0 radical (unpaired) electrons. The van der Waals surface area contributed by atoms with Crippen molar-refractivity contribution in [1.29, 1.82) is 0 Å². The van der Waals surface area contributed by atoms with Gasteiger partial charge >= 0.3 is 0 Å². The highest BCUT2D eigenvalue weighted by Gasteiger charge is 2.13. The summed E-state index contributed by atoms with van der Waals surface area (Å²) in [4.78, 5) is 4.71. The zero-order valence-electron chi connectivity index (χ0n) is 18.4. The van der Waals surface area contributed by atoms with Gasteiger partial charge in [0.25, 0.3) is 0 Å². The monoisotopic (exact) mass is 535 g/mol. The minimum Gasteiger partial charge on any atom is -0.497 e. The first kappa shape index (κ1) is 26.9. The zero-order valence-corrected chi connectivity index (χ0v) is 20.7.